The summed E-state index contributed by atoms with van der Waals surface area (Å²) in [6.07, 6.45) is 1.15. The molecule has 0 aromatic heterocycles. The molecular formula is C14H21N3O. The minimum atomic E-state index is 0.0191. The van der Waals surface area contributed by atoms with Crippen LogP contribution < -0.4 is 15.5 Å². The van der Waals surface area contributed by atoms with E-state index in [1.807, 2.05) is 43.3 Å². The van der Waals surface area contributed by atoms with E-state index in [4.69, 9.17) is 0 Å². The van der Waals surface area contributed by atoms with Gasteiger partial charge in [-0.3, -0.25) is 4.79 Å². The molecule has 1 aromatic carbocycles. The summed E-state index contributed by atoms with van der Waals surface area (Å²) in [5.41, 5.74) is 1.78. The molecule has 1 unspecified atom stereocenters. The fraction of sp³-hybridized carbons (Fsp3) is 0.500. The van der Waals surface area contributed by atoms with Crippen LogP contribution in [0.15, 0.2) is 24.3 Å². The summed E-state index contributed by atoms with van der Waals surface area (Å²) in [5.74, 6) is 0.594. The van der Waals surface area contributed by atoms with Gasteiger partial charge in [-0.25, -0.2) is 0 Å². The Kier molecular flexibility index (Phi) is 4.20. The van der Waals surface area contributed by atoms with E-state index in [-0.39, 0.29) is 5.91 Å². The van der Waals surface area contributed by atoms with Crippen molar-refractivity contribution >= 4 is 11.6 Å². The SMILES string of the molecule is CN(C)c1cccc(C(=O)NCC2CCNC2)c1. The molecule has 1 aliphatic rings. The van der Waals surface area contributed by atoms with E-state index in [1.54, 1.807) is 0 Å². The number of benzene rings is 1. The Labute approximate surface area is 108 Å². The molecule has 98 valence electrons. The largest absolute Gasteiger partial charge is 0.378 e. The molecule has 0 radical (unpaired) electrons. The molecule has 1 aliphatic heterocycles. The fourth-order valence-corrected chi connectivity index (χ4v) is 2.15. The molecular weight excluding hydrogens is 226 g/mol. The summed E-state index contributed by atoms with van der Waals surface area (Å²) in [6.45, 7) is 2.84. The van der Waals surface area contributed by atoms with Crippen molar-refractivity contribution in [2.75, 3.05) is 38.6 Å². The summed E-state index contributed by atoms with van der Waals surface area (Å²) >= 11 is 0. The topological polar surface area (TPSA) is 44.4 Å². The van der Waals surface area contributed by atoms with Gasteiger partial charge in [-0.05, 0) is 43.6 Å². The van der Waals surface area contributed by atoms with Gasteiger partial charge in [-0.2, -0.15) is 0 Å². The molecule has 2 N–H and O–H groups in total. The van der Waals surface area contributed by atoms with Crippen LogP contribution in [0.1, 0.15) is 16.8 Å². The predicted molar refractivity (Wildman–Crippen MR) is 74.1 cm³/mol. The van der Waals surface area contributed by atoms with Crippen molar-refractivity contribution in [3.05, 3.63) is 29.8 Å². The smallest absolute Gasteiger partial charge is 0.251 e. The first-order chi connectivity index (χ1) is 8.66. The third-order valence-electron chi connectivity index (χ3n) is 3.34. The summed E-state index contributed by atoms with van der Waals surface area (Å²) in [7, 11) is 3.95. The number of hydrogen-bond donors (Lipinski definition) is 2. The first kappa shape index (κ1) is 12.9. The monoisotopic (exact) mass is 247 g/mol. The van der Waals surface area contributed by atoms with E-state index in [0.717, 1.165) is 37.3 Å². The Bertz CT molecular complexity index is 411. The third kappa shape index (κ3) is 3.23. The van der Waals surface area contributed by atoms with Gasteiger partial charge in [0.15, 0.2) is 0 Å². The number of carbonyl (C=O) groups excluding carboxylic acids is 1. The van der Waals surface area contributed by atoms with Crippen LogP contribution in [0.25, 0.3) is 0 Å². The number of nitrogens with one attached hydrogen (secondary N) is 2. The van der Waals surface area contributed by atoms with Gasteiger partial charge < -0.3 is 15.5 Å². The van der Waals surface area contributed by atoms with Gasteiger partial charge in [0.1, 0.15) is 0 Å². The molecule has 4 heteroatoms. The number of hydrogen-bond acceptors (Lipinski definition) is 3. The van der Waals surface area contributed by atoms with Gasteiger partial charge in [0, 0.05) is 31.9 Å². The van der Waals surface area contributed by atoms with E-state index in [0.29, 0.717) is 5.92 Å². The molecule has 0 spiro atoms. The Morgan fingerprint density at radius 3 is 3.00 bits per heavy atom. The number of carbonyl (C=O) groups is 1. The second-order valence-electron chi connectivity index (χ2n) is 5.01. The van der Waals surface area contributed by atoms with Crippen LogP contribution in [0.2, 0.25) is 0 Å². The highest BCUT2D eigenvalue weighted by Gasteiger charge is 2.15. The molecule has 18 heavy (non-hydrogen) atoms. The quantitative estimate of drug-likeness (QED) is 0.837. The zero-order chi connectivity index (χ0) is 13.0. The highest BCUT2D eigenvalue weighted by molar-refractivity contribution is 5.95. The lowest BCUT2D eigenvalue weighted by atomic mass is 10.1. The van der Waals surface area contributed by atoms with Gasteiger partial charge in [-0.15, -0.1) is 0 Å². The van der Waals surface area contributed by atoms with Crippen LogP contribution in [-0.2, 0) is 0 Å². The molecule has 4 nitrogen and oxygen atoms in total. The minimum absolute atomic E-state index is 0.0191. The van der Waals surface area contributed by atoms with Crippen molar-refractivity contribution in [1.82, 2.24) is 10.6 Å². The van der Waals surface area contributed by atoms with E-state index >= 15 is 0 Å². The van der Waals surface area contributed by atoms with Gasteiger partial charge >= 0.3 is 0 Å². The highest BCUT2D eigenvalue weighted by atomic mass is 16.1. The maximum atomic E-state index is 12.0. The van der Waals surface area contributed by atoms with Gasteiger partial charge in [0.25, 0.3) is 5.91 Å². The molecule has 2 rings (SSSR count). The van der Waals surface area contributed by atoms with Crippen molar-refractivity contribution in [3.8, 4) is 0 Å². The lowest BCUT2D eigenvalue weighted by Crippen LogP contribution is -2.30. The van der Waals surface area contributed by atoms with Crippen LogP contribution >= 0.6 is 0 Å². The van der Waals surface area contributed by atoms with E-state index < -0.39 is 0 Å². The standard InChI is InChI=1S/C14H21N3O/c1-17(2)13-5-3-4-12(8-13)14(18)16-10-11-6-7-15-9-11/h3-5,8,11,15H,6-7,9-10H2,1-2H3,(H,16,18). The Balaban J connectivity index is 1.93. The lowest BCUT2D eigenvalue weighted by molar-refractivity contribution is 0.0948. The Morgan fingerprint density at radius 1 is 1.50 bits per heavy atom. The average Bonchev–Trinajstić information content (AvgIpc) is 2.89. The zero-order valence-electron chi connectivity index (χ0n) is 11.1. The van der Waals surface area contributed by atoms with Gasteiger partial charge in [0.2, 0.25) is 0 Å². The van der Waals surface area contributed by atoms with E-state index in [1.165, 1.54) is 0 Å². The van der Waals surface area contributed by atoms with Gasteiger partial charge in [-0.1, -0.05) is 6.07 Å². The summed E-state index contributed by atoms with van der Waals surface area (Å²) in [6, 6.07) is 7.69. The predicted octanol–water partition coefficient (Wildman–Crippen LogP) is 1.09. The minimum Gasteiger partial charge on any atom is -0.378 e. The first-order valence-electron chi connectivity index (χ1n) is 6.43. The maximum absolute atomic E-state index is 12.0. The Morgan fingerprint density at radius 2 is 2.33 bits per heavy atom. The maximum Gasteiger partial charge on any atom is 0.251 e. The molecule has 1 heterocycles. The van der Waals surface area contributed by atoms with Gasteiger partial charge in [0.05, 0.1) is 0 Å². The van der Waals surface area contributed by atoms with Crippen molar-refractivity contribution in [3.63, 3.8) is 0 Å². The van der Waals surface area contributed by atoms with Crippen molar-refractivity contribution in [2.24, 2.45) is 5.92 Å². The first-order valence-corrected chi connectivity index (χ1v) is 6.43. The van der Waals surface area contributed by atoms with Crippen molar-refractivity contribution in [2.45, 2.75) is 6.42 Å². The van der Waals surface area contributed by atoms with E-state index in [2.05, 4.69) is 10.6 Å². The van der Waals surface area contributed by atoms with Crippen molar-refractivity contribution in [1.29, 1.82) is 0 Å². The molecule has 1 atom stereocenters. The van der Waals surface area contributed by atoms with Crippen LogP contribution in [0.3, 0.4) is 0 Å². The van der Waals surface area contributed by atoms with E-state index in [9.17, 15) is 4.79 Å². The zero-order valence-corrected chi connectivity index (χ0v) is 11.1. The second-order valence-corrected chi connectivity index (χ2v) is 5.01. The van der Waals surface area contributed by atoms with Crippen LogP contribution in [0.5, 0.6) is 0 Å². The molecule has 0 aliphatic carbocycles. The second kappa shape index (κ2) is 5.87. The molecule has 1 fully saturated rings. The van der Waals surface area contributed by atoms with Crippen molar-refractivity contribution < 1.29 is 4.79 Å². The normalized spacial score (nSPS) is 18.7. The number of nitrogens with zero attached hydrogens (tertiary/aromatic N) is 1. The summed E-state index contributed by atoms with van der Waals surface area (Å²) in [4.78, 5) is 14.0. The number of amides is 1. The third-order valence-corrected chi connectivity index (χ3v) is 3.34. The summed E-state index contributed by atoms with van der Waals surface area (Å²) < 4.78 is 0. The lowest BCUT2D eigenvalue weighted by Gasteiger charge is -2.14. The average molecular weight is 247 g/mol. The van der Waals surface area contributed by atoms with Crippen LogP contribution in [-0.4, -0.2) is 39.6 Å². The molecule has 1 aromatic rings. The molecule has 0 saturated carbocycles. The van der Waals surface area contributed by atoms with Crippen LogP contribution in [0.4, 0.5) is 5.69 Å². The Hall–Kier alpha value is -1.55. The molecule has 0 bridgehead atoms. The van der Waals surface area contributed by atoms with Crippen LogP contribution in [0, 0.1) is 5.92 Å². The number of anilines is 1. The highest BCUT2D eigenvalue weighted by Crippen LogP contribution is 2.13. The molecule has 1 saturated heterocycles. The number of rotatable bonds is 4. The summed E-state index contributed by atoms with van der Waals surface area (Å²) in [5, 5.41) is 6.31. The fourth-order valence-electron chi connectivity index (χ4n) is 2.15. The molecule has 1 amide bonds.